The summed E-state index contributed by atoms with van der Waals surface area (Å²) < 4.78 is 5.97. The molecule has 43 heavy (non-hydrogen) atoms. The second-order valence-electron chi connectivity index (χ2n) is 11.8. The minimum absolute atomic E-state index is 0.0358. The number of aliphatic hydroxyl groups excluding tert-OH is 1. The summed E-state index contributed by atoms with van der Waals surface area (Å²) in [4.78, 5) is 20.1. The summed E-state index contributed by atoms with van der Waals surface area (Å²) in [7, 11) is 0. The van der Waals surface area contributed by atoms with Crippen molar-refractivity contribution in [1.29, 1.82) is 0 Å². The zero-order chi connectivity index (χ0) is 29.7. The van der Waals surface area contributed by atoms with Crippen molar-refractivity contribution in [2.75, 3.05) is 26.2 Å². The Morgan fingerprint density at radius 2 is 1.51 bits per heavy atom. The molecule has 0 spiro atoms. The van der Waals surface area contributed by atoms with Gasteiger partial charge < -0.3 is 20.1 Å². The van der Waals surface area contributed by atoms with Gasteiger partial charge in [-0.05, 0) is 86.8 Å². The van der Waals surface area contributed by atoms with Gasteiger partial charge in [0, 0.05) is 43.2 Å². The molecule has 1 atom stereocenters. The number of nitrogens with zero attached hydrogens (tertiary/aromatic N) is 2. The number of aryl methyl sites for hydroxylation is 2. The second kappa shape index (κ2) is 16.2. The summed E-state index contributed by atoms with van der Waals surface area (Å²) in [6.45, 7) is 2.50. The van der Waals surface area contributed by atoms with Crippen molar-refractivity contribution in [3.05, 3.63) is 108 Å². The van der Waals surface area contributed by atoms with Crippen LogP contribution in [0.1, 0.15) is 49.7 Å². The van der Waals surface area contributed by atoms with Gasteiger partial charge in [0.25, 0.3) is 0 Å². The van der Waals surface area contributed by atoms with Crippen LogP contribution in [0.5, 0.6) is 5.75 Å². The van der Waals surface area contributed by atoms with Crippen molar-refractivity contribution in [2.45, 2.75) is 63.5 Å². The molecule has 4 aromatic rings. The maximum atomic E-state index is 13.5. The summed E-state index contributed by atoms with van der Waals surface area (Å²) in [6.07, 6.45) is 8.84. The zero-order valence-electron chi connectivity index (χ0n) is 25.1. The van der Waals surface area contributed by atoms with E-state index < -0.39 is 6.10 Å². The highest BCUT2D eigenvalue weighted by molar-refractivity contribution is 5.84. The van der Waals surface area contributed by atoms with Crippen molar-refractivity contribution in [1.82, 2.24) is 15.2 Å². The topological polar surface area (TPSA) is 74.7 Å². The van der Waals surface area contributed by atoms with Crippen molar-refractivity contribution in [2.24, 2.45) is 5.92 Å². The molecule has 0 saturated carbocycles. The number of ether oxygens (including phenoxy) is 1. The average molecular weight is 580 g/mol. The molecular weight excluding hydrogens is 534 g/mol. The summed E-state index contributed by atoms with van der Waals surface area (Å²) >= 11 is 0. The number of piperidine rings is 1. The fourth-order valence-corrected chi connectivity index (χ4v) is 6.12. The number of benzene rings is 3. The van der Waals surface area contributed by atoms with Crippen LogP contribution >= 0.6 is 0 Å². The number of likely N-dealkylation sites (tertiary alicyclic amines) is 1. The van der Waals surface area contributed by atoms with Gasteiger partial charge in [0.1, 0.15) is 18.5 Å². The van der Waals surface area contributed by atoms with Gasteiger partial charge >= 0.3 is 0 Å². The van der Waals surface area contributed by atoms with E-state index in [4.69, 9.17) is 4.74 Å². The smallest absolute Gasteiger partial charge is 0.223 e. The van der Waals surface area contributed by atoms with Crippen LogP contribution in [-0.4, -0.2) is 59.3 Å². The number of amides is 1. The molecule has 1 aromatic heterocycles. The van der Waals surface area contributed by atoms with Crippen molar-refractivity contribution in [3.8, 4) is 5.75 Å². The third-order valence-corrected chi connectivity index (χ3v) is 8.53. The molecule has 0 aliphatic carbocycles. The lowest BCUT2D eigenvalue weighted by atomic mass is 9.92. The van der Waals surface area contributed by atoms with E-state index in [1.807, 2.05) is 42.5 Å². The Balaban J connectivity index is 1.06. The van der Waals surface area contributed by atoms with Gasteiger partial charge in [-0.2, -0.15) is 0 Å². The van der Waals surface area contributed by atoms with Crippen LogP contribution in [0.15, 0.2) is 97.2 Å². The maximum Gasteiger partial charge on any atom is 0.223 e. The minimum atomic E-state index is -0.586. The number of pyridine rings is 1. The molecule has 0 bridgehead atoms. The SMILES string of the molecule is O=C(NC1CCN(C[C@@H](O)COc2cccc3ncccc23)CC1)C(CCCc1ccccc1)CCCc1ccccc1. The number of carbonyl (C=O) groups excluding carboxylic acids is 1. The molecule has 6 nitrogen and oxygen atoms in total. The molecule has 1 aliphatic rings. The first-order valence-electron chi connectivity index (χ1n) is 15.9. The van der Waals surface area contributed by atoms with E-state index in [2.05, 4.69) is 63.7 Å². The lowest BCUT2D eigenvalue weighted by Gasteiger charge is -2.34. The summed E-state index contributed by atoms with van der Waals surface area (Å²) in [5, 5.41) is 15.0. The minimum Gasteiger partial charge on any atom is -0.490 e. The average Bonchev–Trinajstić information content (AvgIpc) is 3.05. The van der Waals surface area contributed by atoms with E-state index in [0.29, 0.717) is 6.54 Å². The van der Waals surface area contributed by atoms with Crippen molar-refractivity contribution < 1.29 is 14.6 Å². The molecule has 1 saturated heterocycles. The number of carbonyl (C=O) groups is 1. The van der Waals surface area contributed by atoms with Crippen LogP contribution in [0.4, 0.5) is 0 Å². The Kier molecular flexibility index (Phi) is 11.6. The first kappa shape index (κ1) is 30.7. The molecule has 0 unspecified atom stereocenters. The van der Waals surface area contributed by atoms with E-state index >= 15 is 0 Å². The first-order valence-corrected chi connectivity index (χ1v) is 15.9. The van der Waals surface area contributed by atoms with Gasteiger partial charge in [0.2, 0.25) is 5.91 Å². The largest absolute Gasteiger partial charge is 0.490 e. The number of hydrogen-bond donors (Lipinski definition) is 2. The van der Waals surface area contributed by atoms with Crippen LogP contribution in [0.2, 0.25) is 0 Å². The van der Waals surface area contributed by atoms with Gasteiger partial charge in [-0.3, -0.25) is 9.78 Å². The molecule has 3 aromatic carbocycles. The van der Waals surface area contributed by atoms with Gasteiger partial charge in [-0.1, -0.05) is 66.7 Å². The predicted octanol–water partition coefficient (Wildman–Crippen LogP) is 6.22. The summed E-state index contributed by atoms with van der Waals surface area (Å²) in [5.41, 5.74) is 3.55. The molecule has 2 heterocycles. The Hall–Kier alpha value is -3.74. The molecule has 1 aliphatic heterocycles. The highest BCUT2D eigenvalue weighted by atomic mass is 16.5. The fourth-order valence-electron chi connectivity index (χ4n) is 6.12. The Bertz CT molecular complexity index is 1340. The third kappa shape index (κ3) is 9.63. The number of β-amino-alcohol motifs (C(OH)–C–C–N with tert-alkyl or cyclic N) is 1. The standard InChI is InChI=1S/C37H45N3O3/c41-33(28-43-36-21-9-20-35-34(36)19-10-24-38-35)27-40-25-22-32(23-26-40)39-37(42)31(17-7-15-29-11-3-1-4-12-29)18-8-16-30-13-5-2-6-14-30/h1-6,9-14,19-21,24,31-33,41H,7-8,15-18,22-23,25-28H2,(H,39,42)/t33-/m1/s1. The fraction of sp³-hybridized carbons (Fsp3) is 0.405. The zero-order valence-corrected chi connectivity index (χ0v) is 25.1. The summed E-state index contributed by atoms with van der Waals surface area (Å²) in [5.74, 6) is 0.986. The number of hydrogen-bond acceptors (Lipinski definition) is 5. The molecule has 1 amide bonds. The summed E-state index contributed by atoms with van der Waals surface area (Å²) in [6, 6.07) is 31.0. The van der Waals surface area contributed by atoms with E-state index in [1.165, 1.54) is 11.1 Å². The highest BCUT2D eigenvalue weighted by Gasteiger charge is 2.25. The Morgan fingerprint density at radius 3 is 2.16 bits per heavy atom. The van der Waals surface area contributed by atoms with Crippen LogP contribution in [0, 0.1) is 5.92 Å². The van der Waals surface area contributed by atoms with Crippen molar-refractivity contribution >= 4 is 16.8 Å². The van der Waals surface area contributed by atoms with Gasteiger partial charge in [-0.25, -0.2) is 0 Å². The molecule has 1 fully saturated rings. The monoisotopic (exact) mass is 579 g/mol. The highest BCUT2D eigenvalue weighted by Crippen LogP contribution is 2.24. The number of rotatable bonds is 15. The van der Waals surface area contributed by atoms with E-state index in [9.17, 15) is 9.90 Å². The predicted molar refractivity (Wildman–Crippen MR) is 173 cm³/mol. The Morgan fingerprint density at radius 1 is 0.860 bits per heavy atom. The number of nitrogens with one attached hydrogen (secondary N) is 1. The van der Waals surface area contributed by atoms with Gasteiger partial charge in [0.15, 0.2) is 0 Å². The lowest BCUT2D eigenvalue weighted by molar-refractivity contribution is -0.126. The second-order valence-corrected chi connectivity index (χ2v) is 11.8. The number of fused-ring (bicyclic) bond motifs is 1. The lowest BCUT2D eigenvalue weighted by Crippen LogP contribution is -2.48. The molecule has 6 heteroatoms. The quantitative estimate of drug-likeness (QED) is 0.175. The molecule has 2 N–H and O–H groups in total. The van der Waals surface area contributed by atoms with Gasteiger partial charge in [0.05, 0.1) is 5.52 Å². The molecule has 5 rings (SSSR count). The molecule has 0 radical (unpaired) electrons. The van der Waals surface area contributed by atoms with Crippen LogP contribution in [0.3, 0.4) is 0 Å². The third-order valence-electron chi connectivity index (χ3n) is 8.53. The van der Waals surface area contributed by atoms with Crippen LogP contribution < -0.4 is 10.1 Å². The van der Waals surface area contributed by atoms with E-state index in [0.717, 1.165) is 81.1 Å². The Labute approximate surface area is 256 Å². The maximum absolute atomic E-state index is 13.5. The van der Waals surface area contributed by atoms with E-state index in [-0.39, 0.29) is 24.5 Å². The number of aromatic nitrogens is 1. The van der Waals surface area contributed by atoms with Crippen molar-refractivity contribution in [3.63, 3.8) is 0 Å². The van der Waals surface area contributed by atoms with Crippen LogP contribution in [-0.2, 0) is 17.6 Å². The first-order chi connectivity index (χ1) is 21.1. The molecular formula is C37H45N3O3. The molecule has 226 valence electrons. The van der Waals surface area contributed by atoms with E-state index in [1.54, 1.807) is 6.20 Å². The van der Waals surface area contributed by atoms with Gasteiger partial charge in [-0.15, -0.1) is 0 Å². The normalized spacial score (nSPS) is 15.0. The van der Waals surface area contributed by atoms with Crippen LogP contribution in [0.25, 0.3) is 10.9 Å². The number of aliphatic hydroxyl groups is 1.